The maximum Gasteiger partial charge on any atom is 0.133 e. The number of aromatic amines is 1. The first kappa shape index (κ1) is 9.55. The number of aromatic nitrogens is 2. The van der Waals surface area contributed by atoms with Gasteiger partial charge >= 0.3 is 0 Å². The number of thiophene rings is 1. The van der Waals surface area contributed by atoms with Gasteiger partial charge in [0.05, 0.1) is 5.69 Å². The van der Waals surface area contributed by atoms with Crippen LogP contribution in [0.5, 0.6) is 0 Å². The molecule has 0 bridgehead atoms. The van der Waals surface area contributed by atoms with E-state index in [0.717, 1.165) is 17.1 Å². The molecule has 0 amide bonds. The zero-order valence-corrected chi connectivity index (χ0v) is 9.63. The van der Waals surface area contributed by atoms with Crippen molar-refractivity contribution in [1.29, 1.82) is 0 Å². The molecule has 2 aromatic heterocycles. The summed E-state index contributed by atoms with van der Waals surface area (Å²) in [4.78, 5) is 7.45. The lowest BCUT2D eigenvalue weighted by atomic mass is 10.1. The van der Waals surface area contributed by atoms with Crippen LogP contribution in [0.15, 0.2) is 16.8 Å². The smallest absolute Gasteiger partial charge is 0.133 e. The topological polar surface area (TPSA) is 28.7 Å². The Morgan fingerprint density at radius 2 is 2.21 bits per heavy atom. The Hall–Kier alpha value is -1.00. The summed E-state index contributed by atoms with van der Waals surface area (Å²) < 4.78 is 0.683. The van der Waals surface area contributed by atoms with Crippen LogP contribution in [0.25, 0.3) is 11.3 Å². The Kier molecular flexibility index (Phi) is 2.48. The first-order chi connectivity index (χ1) is 6.68. The monoisotopic (exact) mass is 222 g/mol. The van der Waals surface area contributed by atoms with Gasteiger partial charge < -0.3 is 4.98 Å². The number of nitrogens with zero attached hydrogens (tertiary/aromatic N) is 1. The molecule has 0 aliphatic rings. The minimum atomic E-state index is 0.683. The third kappa shape index (κ3) is 1.63. The van der Waals surface area contributed by atoms with E-state index < -0.39 is 0 Å². The fourth-order valence-electron chi connectivity index (χ4n) is 1.34. The van der Waals surface area contributed by atoms with E-state index >= 15 is 0 Å². The molecule has 0 fully saturated rings. The first-order valence-electron chi connectivity index (χ1n) is 4.28. The van der Waals surface area contributed by atoms with E-state index in [-0.39, 0.29) is 0 Å². The van der Waals surface area contributed by atoms with E-state index in [0.29, 0.717) is 4.64 Å². The highest BCUT2D eigenvalue weighted by Gasteiger charge is 2.05. The van der Waals surface area contributed by atoms with Crippen LogP contribution in [0, 0.1) is 18.5 Å². The van der Waals surface area contributed by atoms with Crippen molar-refractivity contribution >= 4 is 23.6 Å². The average Bonchev–Trinajstić information content (AvgIpc) is 2.63. The summed E-state index contributed by atoms with van der Waals surface area (Å²) in [6.45, 7) is 3.92. The van der Waals surface area contributed by atoms with Crippen molar-refractivity contribution in [3.8, 4) is 11.3 Å². The molecular formula is C10H10N2S2. The standard InChI is InChI=1S/C10H10N2S2/c1-6-9(8-3-4-14-5-8)11-7(2)12-10(6)13/h3-5H,1-2H3,(H,11,12,13). The van der Waals surface area contributed by atoms with Gasteiger partial charge in [-0.3, -0.25) is 0 Å². The maximum atomic E-state index is 5.17. The molecule has 0 aliphatic carbocycles. The third-order valence-electron chi connectivity index (χ3n) is 2.08. The molecule has 0 aliphatic heterocycles. The third-order valence-corrected chi connectivity index (χ3v) is 3.16. The van der Waals surface area contributed by atoms with Gasteiger partial charge in [0, 0.05) is 16.5 Å². The van der Waals surface area contributed by atoms with Gasteiger partial charge in [0.15, 0.2) is 0 Å². The lowest BCUT2D eigenvalue weighted by Gasteiger charge is -2.05. The van der Waals surface area contributed by atoms with Gasteiger partial charge in [-0.1, -0.05) is 12.2 Å². The van der Waals surface area contributed by atoms with Crippen LogP contribution in [0.2, 0.25) is 0 Å². The number of rotatable bonds is 1. The molecule has 4 heteroatoms. The molecule has 0 saturated heterocycles. The first-order valence-corrected chi connectivity index (χ1v) is 5.63. The Morgan fingerprint density at radius 1 is 1.43 bits per heavy atom. The second-order valence-electron chi connectivity index (χ2n) is 3.14. The normalized spacial score (nSPS) is 10.4. The molecule has 2 heterocycles. The van der Waals surface area contributed by atoms with Gasteiger partial charge in [-0.25, -0.2) is 4.98 Å². The molecule has 72 valence electrons. The Morgan fingerprint density at radius 3 is 2.86 bits per heavy atom. The van der Waals surface area contributed by atoms with E-state index in [2.05, 4.69) is 26.8 Å². The van der Waals surface area contributed by atoms with Crippen molar-refractivity contribution in [2.75, 3.05) is 0 Å². The highest BCUT2D eigenvalue weighted by molar-refractivity contribution is 7.71. The van der Waals surface area contributed by atoms with Crippen molar-refractivity contribution in [3.63, 3.8) is 0 Å². The summed E-state index contributed by atoms with van der Waals surface area (Å²) >= 11 is 6.85. The quantitative estimate of drug-likeness (QED) is 0.748. The van der Waals surface area contributed by atoms with E-state index in [1.54, 1.807) is 11.3 Å². The minimum absolute atomic E-state index is 0.683. The van der Waals surface area contributed by atoms with Crippen LogP contribution in [0.3, 0.4) is 0 Å². The predicted molar refractivity (Wildman–Crippen MR) is 62.2 cm³/mol. The number of hydrogen-bond donors (Lipinski definition) is 1. The summed E-state index contributed by atoms with van der Waals surface area (Å²) in [6, 6.07) is 2.08. The van der Waals surface area contributed by atoms with Crippen LogP contribution >= 0.6 is 23.6 Å². The molecule has 14 heavy (non-hydrogen) atoms. The second-order valence-corrected chi connectivity index (χ2v) is 4.31. The van der Waals surface area contributed by atoms with E-state index in [1.165, 1.54) is 5.56 Å². The largest absolute Gasteiger partial charge is 0.343 e. The summed E-state index contributed by atoms with van der Waals surface area (Å²) in [5, 5.41) is 4.16. The minimum Gasteiger partial charge on any atom is -0.343 e. The molecule has 2 rings (SSSR count). The number of nitrogens with one attached hydrogen (secondary N) is 1. The van der Waals surface area contributed by atoms with Crippen molar-refractivity contribution in [3.05, 3.63) is 32.9 Å². The van der Waals surface area contributed by atoms with Crippen LogP contribution in [-0.4, -0.2) is 9.97 Å². The molecule has 2 aromatic rings. The summed E-state index contributed by atoms with van der Waals surface area (Å²) in [5.74, 6) is 0.863. The molecule has 0 atom stereocenters. The highest BCUT2D eigenvalue weighted by atomic mass is 32.1. The van der Waals surface area contributed by atoms with Crippen LogP contribution in [0.4, 0.5) is 0 Å². The van der Waals surface area contributed by atoms with E-state index in [1.807, 2.05) is 13.8 Å². The van der Waals surface area contributed by atoms with Crippen LogP contribution < -0.4 is 0 Å². The van der Waals surface area contributed by atoms with Crippen LogP contribution in [-0.2, 0) is 0 Å². The number of hydrogen-bond acceptors (Lipinski definition) is 3. The maximum absolute atomic E-state index is 5.17. The Labute approximate surface area is 91.7 Å². The highest BCUT2D eigenvalue weighted by Crippen LogP contribution is 2.23. The van der Waals surface area contributed by atoms with Gasteiger partial charge in [0.2, 0.25) is 0 Å². The number of H-pyrrole nitrogens is 1. The second kappa shape index (κ2) is 3.63. The van der Waals surface area contributed by atoms with Gasteiger partial charge in [-0.15, -0.1) is 0 Å². The molecule has 1 N–H and O–H groups in total. The summed E-state index contributed by atoms with van der Waals surface area (Å²) in [7, 11) is 0. The lowest BCUT2D eigenvalue weighted by molar-refractivity contribution is 1.02. The lowest BCUT2D eigenvalue weighted by Crippen LogP contribution is -1.95. The molecule has 0 radical (unpaired) electrons. The molecule has 0 unspecified atom stereocenters. The molecular weight excluding hydrogens is 212 g/mol. The zero-order chi connectivity index (χ0) is 10.1. The van der Waals surface area contributed by atoms with Gasteiger partial charge in [-0.2, -0.15) is 11.3 Å². The average molecular weight is 222 g/mol. The van der Waals surface area contributed by atoms with Crippen molar-refractivity contribution < 1.29 is 0 Å². The SMILES string of the molecule is Cc1nc(=S)c(C)c(-c2ccsc2)[nH]1. The zero-order valence-electron chi connectivity index (χ0n) is 8.00. The summed E-state index contributed by atoms with van der Waals surface area (Å²) in [5.41, 5.74) is 3.32. The Balaban J connectivity index is 2.70. The van der Waals surface area contributed by atoms with Gasteiger partial charge in [0.1, 0.15) is 10.5 Å². The molecule has 0 spiro atoms. The molecule has 2 nitrogen and oxygen atoms in total. The van der Waals surface area contributed by atoms with Crippen molar-refractivity contribution in [2.24, 2.45) is 0 Å². The van der Waals surface area contributed by atoms with Gasteiger partial charge in [-0.05, 0) is 25.3 Å². The fourth-order valence-corrected chi connectivity index (χ4v) is 2.23. The number of aryl methyl sites for hydroxylation is 1. The fraction of sp³-hybridized carbons (Fsp3) is 0.200. The molecule has 0 saturated carbocycles. The predicted octanol–water partition coefficient (Wildman–Crippen LogP) is 3.48. The van der Waals surface area contributed by atoms with Gasteiger partial charge in [0.25, 0.3) is 0 Å². The van der Waals surface area contributed by atoms with E-state index in [9.17, 15) is 0 Å². The van der Waals surface area contributed by atoms with Crippen molar-refractivity contribution in [2.45, 2.75) is 13.8 Å². The van der Waals surface area contributed by atoms with Crippen LogP contribution in [0.1, 0.15) is 11.4 Å². The summed E-state index contributed by atoms with van der Waals surface area (Å²) in [6.07, 6.45) is 0. The Bertz CT molecular complexity index is 497. The molecule has 0 aromatic carbocycles. The van der Waals surface area contributed by atoms with E-state index in [4.69, 9.17) is 12.2 Å². The van der Waals surface area contributed by atoms with Crippen molar-refractivity contribution in [1.82, 2.24) is 9.97 Å².